The molecule has 2 heteroatoms. The van der Waals surface area contributed by atoms with Crippen LogP contribution >= 0.6 is 0 Å². The average molecular weight is 279 g/mol. The summed E-state index contributed by atoms with van der Waals surface area (Å²) in [7, 11) is 1.74. The van der Waals surface area contributed by atoms with Crippen LogP contribution in [0.25, 0.3) is 0 Å². The predicted octanol–water partition coefficient (Wildman–Crippen LogP) is 3.73. The van der Waals surface area contributed by atoms with Gasteiger partial charge < -0.3 is 4.74 Å². The third-order valence-corrected chi connectivity index (χ3v) is 4.00. The third kappa shape index (κ3) is 3.45. The Labute approximate surface area is 127 Å². The van der Waals surface area contributed by atoms with Gasteiger partial charge in [-0.05, 0) is 31.0 Å². The molecule has 2 nitrogen and oxygen atoms in total. The monoisotopic (exact) mass is 279 g/mol. The Kier molecular flexibility index (Phi) is 4.56. The second kappa shape index (κ2) is 6.77. The van der Waals surface area contributed by atoms with Crippen molar-refractivity contribution in [3.05, 3.63) is 78.1 Å². The van der Waals surface area contributed by atoms with Crippen molar-refractivity contribution in [2.24, 2.45) is 0 Å². The number of benzene rings is 2. The molecule has 0 unspecified atom stereocenters. The molecule has 0 saturated carbocycles. The molecule has 0 aliphatic carbocycles. The molecular weight excluding hydrogens is 258 g/mol. The molecular formula is C19H21NO. The highest BCUT2D eigenvalue weighted by Gasteiger charge is 2.23. The number of piperidine rings is 1. The molecule has 2 aromatic carbocycles. The minimum atomic E-state index is 0.972. The molecule has 1 saturated heterocycles. The van der Waals surface area contributed by atoms with E-state index in [0.29, 0.717) is 0 Å². The first-order chi connectivity index (χ1) is 10.4. The minimum absolute atomic E-state index is 0.972. The van der Waals surface area contributed by atoms with Crippen molar-refractivity contribution in [2.75, 3.05) is 20.2 Å². The average Bonchev–Trinajstić information content (AvgIpc) is 2.56. The van der Waals surface area contributed by atoms with Gasteiger partial charge in [0.25, 0.3) is 0 Å². The van der Waals surface area contributed by atoms with E-state index in [0.717, 1.165) is 31.8 Å². The molecule has 0 atom stereocenters. The first-order valence-corrected chi connectivity index (χ1v) is 7.45. The van der Waals surface area contributed by atoms with Crippen molar-refractivity contribution in [3.8, 4) is 5.75 Å². The van der Waals surface area contributed by atoms with Gasteiger partial charge in [0.2, 0.25) is 0 Å². The van der Waals surface area contributed by atoms with Crippen LogP contribution in [0.4, 0.5) is 0 Å². The number of methoxy groups -OCH3 is 1. The van der Waals surface area contributed by atoms with Gasteiger partial charge in [0.1, 0.15) is 5.75 Å². The largest absolute Gasteiger partial charge is 0.496 e. The van der Waals surface area contributed by atoms with Gasteiger partial charge in [-0.1, -0.05) is 48.5 Å². The Bertz CT molecular complexity index is 559. The Morgan fingerprint density at radius 3 is 2.48 bits per heavy atom. The van der Waals surface area contributed by atoms with E-state index in [1.54, 1.807) is 7.11 Å². The fourth-order valence-electron chi connectivity index (χ4n) is 2.85. The maximum absolute atomic E-state index is 5.47. The van der Waals surface area contributed by atoms with Crippen molar-refractivity contribution in [1.29, 1.82) is 0 Å². The molecule has 3 rings (SSSR count). The van der Waals surface area contributed by atoms with Crippen LogP contribution in [-0.4, -0.2) is 25.1 Å². The van der Waals surface area contributed by atoms with E-state index in [1.165, 1.54) is 17.0 Å². The van der Waals surface area contributed by atoms with E-state index in [4.69, 9.17) is 4.74 Å². The fourth-order valence-corrected chi connectivity index (χ4v) is 2.85. The maximum Gasteiger partial charge on any atom is 0.122 e. The topological polar surface area (TPSA) is 12.5 Å². The first-order valence-electron chi connectivity index (χ1n) is 7.45. The Morgan fingerprint density at radius 1 is 1.00 bits per heavy atom. The van der Waals surface area contributed by atoms with Crippen molar-refractivity contribution in [2.45, 2.75) is 13.0 Å². The molecule has 0 spiro atoms. The lowest BCUT2D eigenvalue weighted by molar-refractivity contribution is 0.265. The Balaban J connectivity index is 1.60. The number of para-hydroxylation sites is 1. The van der Waals surface area contributed by atoms with Crippen LogP contribution in [0.2, 0.25) is 0 Å². The van der Waals surface area contributed by atoms with E-state index in [9.17, 15) is 0 Å². The number of hydrogen-bond donors (Lipinski definition) is 0. The van der Waals surface area contributed by atoms with Crippen molar-refractivity contribution < 1.29 is 4.74 Å². The Hall–Kier alpha value is -1.80. The van der Waals surface area contributed by atoms with Crippen LogP contribution < -0.4 is 4.74 Å². The van der Waals surface area contributed by atoms with Crippen molar-refractivity contribution in [1.82, 2.24) is 4.90 Å². The lowest BCUT2D eigenvalue weighted by atomic mass is 9.88. The molecule has 1 aliphatic heterocycles. The zero-order valence-electron chi connectivity index (χ0n) is 12.5. The van der Waals surface area contributed by atoms with Crippen molar-refractivity contribution in [3.63, 3.8) is 0 Å². The molecule has 1 heterocycles. The molecule has 108 valence electrons. The van der Waals surface area contributed by atoms with Gasteiger partial charge in [-0.3, -0.25) is 4.90 Å². The van der Waals surface area contributed by atoms with E-state index in [1.807, 2.05) is 12.1 Å². The lowest BCUT2D eigenvalue weighted by Gasteiger charge is -2.32. The van der Waals surface area contributed by atoms with Crippen LogP contribution in [0.1, 0.15) is 17.5 Å². The molecule has 2 aromatic rings. The normalized spacial score (nSPS) is 16.8. The third-order valence-electron chi connectivity index (χ3n) is 4.00. The summed E-state index contributed by atoms with van der Waals surface area (Å²) >= 11 is 0. The molecule has 1 aliphatic rings. The molecule has 1 fully saturated rings. The van der Waals surface area contributed by atoms with E-state index < -0.39 is 0 Å². The summed E-state index contributed by atoms with van der Waals surface area (Å²) in [5.41, 5.74) is 2.62. The molecule has 0 bridgehead atoms. The zero-order valence-corrected chi connectivity index (χ0v) is 12.5. The smallest absolute Gasteiger partial charge is 0.122 e. The summed E-state index contributed by atoms with van der Waals surface area (Å²) in [5.74, 6) is 2.37. The van der Waals surface area contributed by atoms with Crippen LogP contribution in [0.3, 0.4) is 0 Å². The van der Waals surface area contributed by atoms with Gasteiger partial charge in [-0.15, -0.1) is 0 Å². The number of hydrogen-bond acceptors (Lipinski definition) is 2. The summed E-state index contributed by atoms with van der Waals surface area (Å²) in [5, 5.41) is 0. The number of likely N-dealkylation sites (tertiary alicyclic amines) is 1. The SMILES string of the molecule is COc1ccccc1[C]1[CH]CN(Cc2ccccc2)CC1. The maximum atomic E-state index is 5.47. The van der Waals surface area contributed by atoms with Gasteiger partial charge in [0, 0.05) is 24.6 Å². The van der Waals surface area contributed by atoms with Crippen LogP contribution in [0.15, 0.2) is 54.6 Å². The zero-order chi connectivity index (χ0) is 14.5. The van der Waals surface area contributed by atoms with Gasteiger partial charge in [-0.25, -0.2) is 0 Å². The highest BCUT2D eigenvalue weighted by atomic mass is 16.5. The Morgan fingerprint density at radius 2 is 1.76 bits per heavy atom. The quantitative estimate of drug-likeness (QED) is 0.845. The van der Waals surface area contributed by atoms with E-state index in [2.05, 4.69) is 53.8 Å². The van der Waals surface area contributed by atoms with Gasteiger partial charge in [0.15, 0.2) is 0 Å². The lowest BCUT2D eigenvalue weighted by Crippen LogP contribution is -2.33. The summed E-state index contributed by atoms with van der Waals surface area (Å²) in [6, 6.07) is 19.0. The van der Waals surface area contributed by atoms with Gasteiger partial charge >= 0.3 is 0 Å². The highest BCUT2D eigenvalue weighted by Crippen LogP contribution is 2.32. The van der Waals surface area contributed by atoms with E-state index in [-0.39, 0.29) is 0 Å². The number of rotatable bonds is 4. The molecule has 0 aromatic heterocycles. The molecule has 21 heavy (non-hydrogen) atoms. The first kappa shape index (κ1) is 14.2. The van der Waals surface area contributed by atoms with Crippen LogP contribution in [0.5, 0.6) is 5.75 Å². The second-order valence-corrected chi connectivity index (χ2v) is 5.40. The number of ether oxygens (including phenoxy) is 1. The van der Waals surface area contributed by atoms with Crippen LogP contribution in [-0.2, 0) is 6.54 Å². The van der Waals surface area contributed by atoms with Gasteiger partial charge in [-0.2, -0.15) is 0 Å². The summed E-state index contributed by atoms with van der Waals surface area (Å²) in [6.45, 7) is 3.12. The van der Waals surface area contributed by atoms with Gasteiger partial charge in [0.05, 0.1) is 7.11 Å². The molecule has 0 amide bonds. The molecule has 2 radical (unpaired) electrons. The van der Waals surface area contributed by atoms with E-state index >= 15 is 0 Å². The second-order valence-electron chi connectivity index (χ2n) is 5.40. The minimum Gasteiger partial charge on any atom is -0.496 e. The number of nitrogens with zero attached hydrogens (tertiary/aromatic N) is 1. The summed E-state index contributed by atoms with van der Waals surface area (Å²) in [6.07, 6.45) is 3.41. The van der Waals surface area contributed by atoms with Crippen molar-refractivity contribution >= 4 is 0 Å². The summed E-state index contributed by atoms with van der Waals surface area (Å²) in [4.78, 5) is 2.48. The standard InChI is InChI=1S/C19H21NO/c1-21-19-10-6-5-9-18(19)17-11-13-20(14-12-17)15-16-7-3-2-4-8-16/h2-11H,12-15H2,1H3. The predicted molar refractivity (Wildman–Crippen MR) is 86.0 cm³/mol. The molecule has 0 N–H and O–H groups in total. The van der Waals surface area contributed by atoms with Crippen LogP contribution in [0, 0.1) is 12.3 Å². The summed E-state index contributed by atoms with van der Waals surface area (Å²) < 4.78 is 5.47. The highest BCUT2D eigenvalue weighted by molar-refractivity contribution is 5.46. The fraction of sp³-hybridized carbons (Fsp3) is 0.263.